The second-order valence-corrected chi connectivity index (χ2v) is 1.65. The first-order valence-corrected chi connectivity index (χ1v) is 3.51. The van der Waals surface area contributed by atoms with Crippen LogP contribution in [0.4, 0.5) is 0 Å². The third kappa shape index (κ3) is 3.31. The lowest BCUT2D eigenvalue weighted by atomic mass is 10.4. The first kappa shape index (κ1) is 9.57. The molecule has 0 aliphatic heterocycles. The van der Waals surface area contributed by atoms with Gasteiger partial charge < -0.3 is 0 Å². The van der Waals surface area contributed by atoms with Crippen molar-refractivity contribution in [3.05, 3.63) is 23.8 Å². The monoisotopic (exact) mass is 149 g/mol. The lowest BCUT2D eigenvalue weighted by Crippen LogP contribution is -1.85. The number of aryl methyl sites for hydroxylation is 1. The molecule has 0 saturated heterocycles. The van der Waals surface area contributed by atoms with Gasteiger partial charge in [0.2, 0.25) is 0 Å². The Bertz CT molecular complexity index is 233. The molecule has 0 saturated carbocycles. The van der Waals surface area contributed by atoms with Crippen molar-refractivity contribution in [3.63, 3.8) is 0 Å². The molecule has 1 rings (SSSR count). The number of rotatable bonds is 0. The molecule has 3 nitrogen and oxygen atoms in total. The van der Waals surface area contributed by atoms with Crippen LogP contribution in [0.15, 0.2) is 12.4 Å². The largest absolute Gasteiger partial charge is 0.257 e. The average molecular weight is 149 g/mol. The van der Waals surface area contributed by atoms with Crippen molar-refractivity contribution in [1.82, 2.24) is 9.97 Å². The summed E-state index contributed by atoms with van der Waals surface area (Å²) >= 11 is 0. The number of aromatic nitrogens is 2. The summed E-state index contributed by atoms with van der Waals surface area (Å²) in [7, 11) is 0. The van der Waals surface area contributed by atoms with Gasteiger partial charge in [0.05, 0.1) is 11.9 Å². The Morgan fingerprint density at radius 3 is 2.27 bits per heavy atom. The molecule has 0 aromatic carbocycles. The Labute approximate surface area is 66.7 Å². The second-order valence-electron chi connectivity index (χ2n) is 1.65. The molecule has 11 heavy (non-hydrogen) atoms. The summed E-state index contributed by atoms with van der Waals surface area (Å²) in [6.07, 6.45) is 3.02. The summed E-state index contributed by atoms with van der Waals surface area (Å²) in [5.41, 5.74) is 1.19. The first-order chi connectivity index (χ1) is 5.33. The van der Waals surface area contributed by atoms with Crippen molar-refractivity contribution >= 4 is 0 Å². The predicted molar refractivity (Wildman–Crippen MR) is 42.8 cm³/mol. The molecule has 0 aliphatic rings. The van der Waals surface area contributed by atoms with Crippen LogP contribution in [0.25, 0.3) is 0 Å². The zero-order chi connectivity index (χ0) is 8.69. The topological polar surface area (TPSA) is 49.6 Å². The van der Waals surface area contributed by atoms with E-state index in [4.69, 9.17) is 5.26 Å². The van der Waals surface area contributed by atoms with Gasteiger partial charge in [-0.05, 0) is 6.92 Å². The molecular formula is C8H11N3. The van der Waals surface area contributed by atoms with Crippen LogP contribution in [-0.2, 0) is 0 Å². The van der Waals surface area contributed by atoms with E-state index in [0.29, 0.717) is 5.69 Å². The van der Waals surface area contributed by atoms with E-state index in [1.54, 1.807) is 6.20 Å². The van der Waals surface area contributed by atoms with E-state index < -0.39 is 0 Å². The number of hydrogen-bond acceptors (Lipinski definition) is 3. The van der Waals surface area contributed by atoms with Crippen molar-refractivity contribution < 1.29 is 0 Å². The van der Waals surface area contributed by atoms with Gasteiger partial charge in [-0.3, -0.25) is 4.98 Å². The molecule has 0 spiro atoms. The Kier molecular flexibility index (Phi) is 4.67. The van der Waals surface area contributed by atoms with Crippen LogP contribution in [0, 0.1) is 18.3 Å². The molecule has 0 fully saturated rings. The van der Waals surface area contributed by atoms with Crippen LogP contribution >= 0.6 is 0 Å². The van der Waals surface area contributed by atoms with E-state index in [0.717, 1.165) is 5.69 Å². The van der Waals surface area contributed by atoms with Gasteiger partial charge in [-0.15, -0.1) is 0 Å². The van der Waals surface area contributed by atoms with Crippen LogP contribution in [0.3, 0.4) is 0 Å². The van der Waals surface area contributed by atoms with Gasteiger partial charge in [0.1, 0.15) is 6.07 Å². The molecule has 0 bridgehead atoms. The highest BCUT2D eigenvalue weighted by atomic mass is 14.8. The van der Waals surface area contributed by atoms with E-state index in [1.807, 2.05) is 26.8 Å². The Balaban J connectivity index is 0.000000461. The first-order valence-electron chi connectivity index (χ1n) is 3.51. The van der Waals surface area contributed by atoms with Gasteiger partial charge in [0, 0.05) is 6.20 Å². The number of nitrogens with zero attached hydrogens (tertiary/aromatic N) is 3. The molecule has 3 heteroatoms. The maximum absolute atomic E-state index is 8.28. The number of hydrogen-bond donors (Lipinski definition) is 0. The average Bonchev–Trinajstić information content (AvgIpc) is 2.10. The third-order valence-electron chi connectivity index (χ3n) is 0.895. The standard InChI is InChI=1S/C6H5N3.C2H6/c1-5-3-9-6(2-7)4-8-5;1-2/h3-4H,1H3;1-2H3. The molecular weight excluding hydrogens is 138 g/mol. The van der Waals surface area contributed by atoms with E-state index in [1.165, 1.54) is 6.20 Å². The molecule has 58 valence electrons. The van der Waals surface area contributed by atoms with Crippen LogP contribution in [-0.4, -0.2) is 9.97 Å². The maximum Gasteiger partial charge on any atom is 0.158 e. The van der Waals surface area contributed by atoms with E-state index in [9.17, 15) is 0 Å². The minimum atomic E-state index is 0.362. The second kappa shape index (κ2) is 5.36. The molecule has 0 amide bonds. The van der Waals surface area contributed by atoms with Gasteiger partial charge in [-0.2, -0.15) is 5.26 Å². The van der Waals surface area contributed by atoms with E-state index >= 15 is 0 Å². The summed E-state index contributed by atoms with van der Waals surface area (Å²) in [5.74, 6) is 0. The summed E-state index contributed by atoms with van der Waals surface area (Å²) in [6.45, 7) is 5.83. The highest BCUT2D eigenvalue weighted by molar-refractivity contribution is 5.15. The summed E-state index contributed by atoms with van der Waals surface area (Å²) in [5, 5.41) is 8.28. The number of nitriles is 1. The van der Waals surface area contributed by atoms with Gasteiger partial charge >= 0.3 is 0 Å². The maximum atomic E-state index is 8.28. The molecule has 1 aromatic heterocycles. The van der Waals surface area contributed by atoms with Crippen molar-refractivity contribution in [2.24, 2.45) is 0 Å². The molecule has 0 atom stereocenters. The van der Waals surface area contributed by atoms with Crippen LogP contribution in [0.2, 0.25) is 0 Å². The molecule has 1 heterocycles. The van der Waals surface area contributed by atoms with Crippen molar-refractivity contribution in [2.75, 3.05) is 0 Å². The quantitative estimate of drug-likeness (QED) is 0.564. The fourth-order valence-electron chi connectivity index (χ4n) is 0.450. The lowest BCUT2D eigenvalue weighted by molar-refractivity contribution is 1.09. The minimum Gasteiger partial charge on any atom is -0.257 e. The van der Waals surface area contributed by atoms with Crippen molar-refractivity contribution in [1.29, 1.82) is 5.26 Å². The Morgan fingerprint density at radius 2 is 1.91 bits per heavy atom. The van der Waals surface area contributed by atoms with E-state index in [-0.39, 0.29) is 0 Å². The van der Waals surface area contributed by atoms with Crippen LogP contribution < -0.4 is 0 Å². The molecule has 1 aromatic rings. The molecule has 0 radical (unpaired) electrons. The van der Waals surface area contributed by atoms with Gasteiger partial charge in [-0.25, -0.2) is 4.98 Å². The van der Waals surface area contributed by atoms with Gasteiger partial charge in [-0.1, -0.05) is 13.8 Å². The molecule has 0 aliphatic carbocycles. The summed E-state index contributed by atoms with van der Waals surface area (Å²) in [4.78, 5) is 7.64. The van der Waals surface area contributed by atoms with Gasteiger partial charge in [0.15, 0.2) is 5.69 Å². The minimum absolute atomic E-state index is 0.362. The highest BCUT2D eigenvalue weighted by Gasteiger charge is 1.87. The van der Waals surface area contributed by atoms with Crippen LogP contribution in [0.1, 0.15) is 25.2 Å². The lowest BCUT2D eigenvalue weighted by Gasteiger charge is -1.86. The smallest absolute Gasteiger partial charge is 0.158 e. The van der Waals surface area contributed by atoms with Crippen LogP contribution in [0.5, 0.6) is 0 Å². The SMILES string of the molecule is CC.Cc1cnc(C#N)cn1. The summed E-state index contributed by atoms with van der Waals surface area (Å²) in [6, 6.07) is 1.88. The van der Waals surface area contributed by atoms with Gasteiger partial charge in [0.25, 0.3) is 0 Å². The Hall–Kier alpha value is -1.43. The predicted octanol–water partition coefficient (Wildman–Crippen LogP) is 1.68. The fourth-order valence-corrected chi connectivity index (χ4v) is 0.450. The molecule has 0 unspecified atom stereocenters. The highest BCUT2D eigenvalue weighted by Crippen LogP contribution is 1.89. The van der Waals surface area contributed by atoms with Crippen molar-refractivity contribution in [2.45, 2.75) is 20.8 Å². The summed E-state index contributed by atoms with van der Waals surface area (Å²) < 4.78 is 0. The van der Waals surface area contributed by atoms with E-state index in [2.05, 4.69) is 9.97 Å². The Morgan fingerprint density at radius 1 is 1.27 bits per heavy atom. The molecule has 0 N–H and O–H groups in total. The zero-order valence-electron chi connectivity index (χ0n) is 7.00. The zero-order valence-corrected chi connectivity index (χ0v) is 7.00. The third-order valence-corrected chi connectivity index (χ3v) is 0.895. The fraction of sp³-hybridized carbons (Fsp3) is 0.375. The normalized spacial score (nSPS) is 7.45. The van der Waals surface area contributed by atoms with Crippen molar-refractivity contribution in [3.8, 4) is 6.07 Å².